The predicted molar refractivity (Wildman–Crippen MR) is 85.7 cm³/mol. The quantitative estimate of drug-likeness (QED) is 0.369. The molecule has 23 heavy (non-hydrogen) atoms. The van der Waals surface area contributed by atoms with Gasteiger partial charge in [0.15, 0.2) is 11.7 Å². The highest BCUT2D eigenvalue weighted by Gasteiger charge is 2.12. The van der Waals surface area contributed by atoms with Crippen LogP contribution in [-0.4, -0.2) is 31.1 Å². The smallest absolute Gasteiger partial charge is 0.293 e. The van der Waals surface area contributed by atoms with Gasteiger partial charge in [-0.1, -0.05) is 29.8 Å². The lowest BCUT2D eigenvalue weighted by Gasteiger charge is -1.99. The molecule has 0 aliphatic carbocycles. The fourth-order valence-corrected chi connectivity index (χ4v) is 1.52. The fourth-order valence-electron chi connectivity index (χ4n) is 1.52. The lowest BCUT2D eigenvalue weighted by molar-refractivity contribution is 0.0950. The topological polar surface area (TPSA) is 146 Å². The van der Waals surface area contributed by atoms with E-state index in [0.717, 1.165) is 11.1 Å². The number of hydrogen-bond donors (Lipinski definition) is 4. The maximum atomic E-state index is 11.5. The van der Waals surface area contributed by atoms with Crippen LogP contribution in [0, 0.1) is 12.3 Å². The van der Waals surface area contributed by atoms with Crippen LogP contribution in [0.4, 0.5) is 0 Å². The van der Waals surface area contributed by atoms with Gasteiger partial charge in [0.2, 0.25) is 0 Å². The van der Waals surface area contributed by atoms with E-state index in [4.69, 9.17) is 20.1 Å². The van der Waals surface area contributed by atoms with Crippen LogP contribution in [0.1, 0.15) is 16.1 Å². The van der Waals surface area contributed by atoms with Gasteiger partial charge in [-0.15, -0.1) is 0 Å². The number of carbonyl (C=O) groups is 1. The summed E-state index contributed by atoms with van der Waals surface area (Å²) in [5, 5.41) is 9.13. The Hall–Kier alpha value is -2.65. The van der Waals surface area contributed by atoms with Gasteiger partial charge in [-0.25, -0.2) is 0 Å². The maximum Gasteiger partial charge on any atom is 0.293 e. The summed E-state index contributed by atoms with van der Waals surface area (Å²) in [7, 11) is -3.67. The van der Waals surface area contributed by atoms with E-state index in [0.29, 0.717) is 12.0 Å². The number of amides is 1. The van der Waals surface area contributed by atoms with Crippen molar-refractivity contribution in [2.75, 3.05) is 6.26 Å². The molecule has 0 radical (unpaired) electrons. The molecule has 1 amide bonds. The summed E-state index contributed by atoms with van der Waals surface area (Å²) in [6, 6.07) is 11.0. The zero-order chi connectivity index (χ0) is 17.6. The molecule has 124 valence electrons. The van der Waals surface area contributed by atoms with Gasteiger partial charge in [0, 0.05) is 5.56 Å². The normalized spacial score (nSPS) is 10.4. The number of nitrogens with one attached hydrogen (secondary N) is 2. The van der Waals surface area contributed by atoms with Crippen LogP contribution >= 0.6 is 0 Å². The van der Waals surface area contributed by atoms with Crippen molar-refractivity contribution in [1.82, 2.24) is 5.32 Å². The van der Waals surface area contributed by atoms with Crippen LogP contribution in [0.3, 0.4) is 0 Å². The van der Waals surface area contributed by atoms with Gasteiger partial charge < -0.3 is 10.2 Å². The molecule has 0 aliphatic rings. The summed E-state index contributed by atoms with van der Waals surface area (Å²) in [5.41, 5.74) is 7.12. The third kappa shape index (κ3) is 7.25. The van der Waals surface area contributed by atoms with Crippen molar-refractivity contribution in [2.45, 2.75) is 6.92 Å². The first kappa shape index (κ1) is 18.4. The fraction of sp³-hybridized carbons (Fsp3) is 0.143. The maximum absolute atomic E-state index is 11.5. The van der Waals surface area contributed by atoms with Gasteiger partial charge in [-0.3, -0.25) is 20.1 Å². The molecule has 0 spiro atoms. The monoisotopic (exact) mass is 339 g/mol. The highest BCUT2D eigenvalue weighted by atomic mass is 32.2. The number of guanidine groups is 1. The molecule has 0 fully saturated rings. The van der Waals surface area contributed by atoms with Crippen molar-refractivity contribution in [2.24, 2.45) is 5.73 Å². The summed E-state index contributed by atoms with van der Waals surface area (Å²) in [4.78, 5) is 11.5. The second-order valence-corrected chi connectivity index (χ2v) is 6.10. The molecular weight excluding hydrogens is 322 g/mol. The molecule has 0 saturated carbocycles. The third-order valence-electron chi connectivity index (χ3n) is 2.41. The minimum atomic E-state index is -3.67. The number of carbonyl (C=O) groups excluding carboxylic acids is 1. The Kier molecular flexibility index (Phi) is 6.05. The molecule has 0 unspecified atom stereocenters. The van der Waals surface area contributed by atoms with Gasteiger partial charge in [0.1, 0.15) is 5.76 Å². The van der Waals surface area contributed by atoms with Crippen LogP contribution in [0.5, 0.6) is 0 Å². The molecule has 1 aromatic heterocycles. The van der Waals surface area contributed by atoms with Gasteiger partial charge in [0.05, 0.1) is 6.26 Å². The molecule has 0 saturated heterocycles. The molecule has 0 bridgehead atoms. The molecule has 0 atom stereocenters. The van der Waals surface area contributed by atoms with Crippen LogP contribution in [0.2, 0.25) is 0 Å². The molecular formula is C14H17N3O5S. The van der Waals surface area contributed by atoms with E-state index >= 15 is 0 Å². The van der Waals surface area contributed by atoms with Gasteiger partial charge in [-0.2, -0.15) is 8.42 Å². The van der Waals surface area contributed by atoms with E-state index in [1.54, 1.807) is 12.1 Å². The first-order valence-electron chi connectivity index (χ1n) is 6.31. The zero-order valence-corrected chi connectivity index (χ0v) is 13.3. The average molecular weight is 339 g/mol. The van der Waals surface area contributed by atoms with Crippen molar-refractivity contribution in [1.29, 1.82) is 5.41 Å². The SMILES string of the molecule is CS(=O)(=O)O.Cc1ccc(-c2ccc(C(=O)NC(=N)N)o2)cc1. The second kappa shape index (κ2) is 7.56. The van der Waals surface area contributed by atoms with Crippen LogP contribution in [0.25, 0.3) is 11.3 Å². The number of nitrogens with two attached hydrogens (primary N) is 1. The van der Waals surface area contributed by atoms with E-state index in [-0.39, 0.29) is 5.76 Å². The number of aryl methyl sites for hydroxylation is 1. The van der Waals surface area contributed by atoms with E-state index in [9.17, 15) is 13.2 Å². The molecule has 2 rings (SSSR count). The van der Waals surface area contributed by atoms with Crippen molar-refractivity contribution < 1.29 is 22.2 Å². The van der Waals surface area contributed by atoms with Gasteiger partial charge in [-0.05, 0) is 19.1 Å². The Labute approximate surface area is 133 Å². The average Bonchev–Trinajstić information content (AvgIpc) is 2.86. The van der Waals surface area contributed by atoms with E-state index in [1.807, 2.05) is 31.2 Å². The molecule has 0 aliphatic heterocycles. The summed E-state index contributed by atoms with van der Waals surface area (Å²) in [6.07, 6.45) is 0.715. The van der Waals surface area contributed by atoms with Gasteiger partial charge >= 0.3 is 0 Å². The number of furan rings is 1. The largest absolute Gasteiger partial charge is 0.451 e. The van der Waals surface area contributed by atoms with E-state index in [1.165, 1.54) is 0 Å². The molecule has 1 heterocycles. The van der Waals surface area contributed by atoms with E-state index < -0.39 is 22.0 Å². The molecule has 5 N–H and O–H groups in total. The molecule has 9 heteroatoms. The third-order valence-corrected chi connectivity index (χ3v) is 2.41. The van der Waals surface area contributed by atoms with Crippen LogP contribution in [-0.2, 0) is 10.1 Å². The summed E-state index contributed by atoms with van der Waals surface area (Å²) in [6.45, 7) is 2.00. The number of rotatable bonds is 2. The van der Waals surface area contributed by atoms with Crippen molar-refractivity contribution in [3.8, 4) is 11.3 Å². The first-order chi connectivity index (χ1) is 10.6. The molecule has 8 nitrogen and oxygen atoms in total. The predicted octanol–water partition coefficient (Wildman–Crippen LogP) is 1.38. The lowest BCUT2D eigenvalue weighted by Crippen LogP contribution is -2.35. The summed E-state index contributed by atoms with van der Waals surface area (Å²) < 4.78 is 31.3. The standard InChI is InChI=1S/C13H13N3O2.CH4O3S/c1-8-2-4-9(5-3-8)10-6-7-11(18-10)12(17)16-13(14)15;1-5(2,3)4/h2-7H,1H3,(H4,14,15,16,17);1H3,(H,2,3,4). The van der Waals surface area contributed by atoms with Crippen molar-refractivity contribution in [3.63, 3.8) is 0 Å². The summed E-state index contributed by atoms with van der Waals surface area (Å²) >= 11 is 0. The Morgan fingerprint density at radius 1 is 1.22 bits per heavy atom. The van der Waals surface area contributed by atoms with Crippen molar-refractivity contribution >= 4 is 22.0 Å². The van der Waals surface area contributed by atoms with Crippen molar-refractivity contribution in [3.05, 3.63) is 47.7 Å². The highest BCUT2D eigenvalue weighted by molar-refractivity contribution is 7.85. The number of hydrogen-bond acceptors (Lipinski definition) is 5. The Morgan fingerprint density at radius 3 is 2.22 bits per heavy atom. The number of benzene rings is 1. The van der Waals surface area contributed by atoms with E-state index in [2.05, 4.69) is 5.32 Å². The Balaban J connectivity index is 0.000000463. The van der Waals surface area contributed by atoms with Gasteiger partial charge in [0.25, 0.3) is 16.0 Å². The van der Waals surface area contributed by atoms with Crippen LogP contribution < -0.4 is 11.1 Å². The second-order valence-electron chi connectivity index (χ2n) is 4.63. The zero-order valence-electron chi connectivity index (χ0n) is 12.5. The Bertz CT molecular complexity index is 786. The molecule has 1 aromatic carbocycles. The minimum Gasteiger partial charge on any atom is -0.451 e. The first-order valence-corrected chi connectivity index (χ1v) is 8.16. The highest BCUT2D eigenvalue weighted by Crippen LogP contribution is 2.22. The Morgan fingerprint density at radius 2 is 1.74 bits per heavy atom. The lowest BCUT2D eigenvalue weighted by atomic mass is 10.1. The summed E-state index contributed by atoms with van der Waals surface area (Å²) in [5.74, 6) is -0.210. The molecule has 2 aromatic rings. The van der Waals surface area contributed by atoms with Crippen LogP contribution in [0.15, 0.2) is 40.8 Å². The minimum absolute atomic E-state index is 0.126.